The van der Waals surface area contributed by atoms with Gasteiger partial charge in [-0.3, -0.25) is 0 Å². The highest BCUT2D eigenvalue weighted by molar-refractivity contribution is 5.37. The van der Waals surface area contributed by atoms with Gasteiger partial charge in [-0.05, 0) is 30.5 Å². The molecule has 0 atom stereocenters. The summed E-state index contributed by atoms with van der Waals surface area (Å²) in [6.45, 7) is 2.22. The van der Waals surface area contributed by atoms with Crippen LogP contribution in [0.1, 0.15) is 31.7 Å². The van der Waals surface area contributed by atoms with E-state index in [0.717, 1.165) is 17.9 Å². The lowest BCUT2D eigenvalue weighted by Crippen LogP contribution is -1.92. The standard InChI is InChI=1S/C17H19O/c1-2-3-5-10-15-11-8-9-14-17(15)18-16-12-6-4-7-13-16/h4,6-9,11-12,14H,2-3,5,10H2,1H3. The van der Waals surface area contributed by atoms with Crippen LogP contribution < -0.4 is 4.74 Å². The van der Waals surface area contributed by atoms with Gasteiger partial charge in [-0.1, -0.05) is 56.2 Å². The molecule has 1 radical (unpaired) electrons. The first-order valence-corrected chi connectivity index (χ1v) is 6.62. The zero-order valence-corrected chi connectivity index (χ0v) is 10.9. The fourth-order valence-electron chi connectivity index (χ4n) is 1.93. The molecule has 0 aliphatic carbocycles. The van der Waals surface area contributed by atoms with Gasteiger partial charge in [-0.2, -0.15) is 0 Å². The van der Waals surface area contributed by atoms with Crippen molar-refractivity contribution in [3.8, 4) is 11.5 Å². The fourth-order valence-corrected chi connectivity index (χ4v) is 1.93. The maximum absolute atomic E-state index is 5.88. The van der Waals surface area contributed by atoms with Crippen LogP contribution in [0.25, 0.3) is 0 Å². The van der Waals surface area contributed by atoms with E-state index in [-0.39, 0.29) is 0 Å². The number of rotatable bonds is 6. The third-order valence-electron chi connectivity index (χ3n) is 2.92. The molecule has 1 heteroatoms. The number of hydrogen-bond acceptors (Lipinski definition) is 1. The second-order valence-corrected chi connectivity index (χ2v) is 4.39. The summed E-state index contributed by atoms with van der Waals surface area (Å²) in [6.07, 6.45) is 4.81. The van der Waals surface area contributed by atoms with Crippen molar-refractivity contribution in [2.24, 2.45) is 0 Å². The Hall–Kier alpha value is -1.76. The highest BCUT2D eigenvalue weighted by Crippen LogP contribution is 2.25. The average molecular weight is 239 g/mol. The second kappa shape index (κ2) is 6.85. The largest absolute Gasteiger partial charge is 0.456 e. The summed E-state index contributed by atoms with van der Waals surface area (Å²) in [7, 11) is 0. The van der Waals surface area contributed by atoms with E-state index in [1.165, 1.54) is 24.8 Å². The predicted molar refractivity (Wildman–Crippen MR) is 75.0 cm³/mol. The minimum absolute atomic E-state index is 0.778. The Bertz CT molecular complexity index is 462. The topological polar surface area (TPSA) is 9.23 Å². The second-order valence-electron chi connectivity index (χ2n) is 4.39. The lowest BCUT2D eigenvalue weighted by Gasteiger charge is -2.10. The molecule has 0 saturated heterocycles. The van der Waals surface area contributed by atoms with Gasteiger partial charge in [-0.25, -0.2) is 0 Å². The van der Waals surface area contributed by atoms with Crippen molar-refractivity contribution in [1.82, 2.24) is 0 Å². The van der Waals surface area contributed by atoms with E-state index in [4.69, 9.17) is 4.74 Å². The molecule has 93 valence electrons. The Labute approximate surface area is 109 Å². The van der Waals surface area contributed by atoms with E-state index in [1.54, 1.807) is 0 Å². The first-order chi connectivity index (χ1) is 8.90. The van der Waals surface area contributed by atoms with Crippen molar-refractivity contribution in [3.05, 3.63) is 60.2 Å². The van der Waals surface area contributed by atoms with Gasteiger partial charge in [0.2, 0.25) is 0 Å². The van der Waals surface area contributed by atoms with E-state index in [1.807, 2.05) is 36.4 Å². The highest BCUT2D eigenvalue weighted by Gasteiger charge is 2.03. The van der Waals surface area contributed by atoms with Crippen LogP contribution in [0.3, 0.4) is 0 Å². The molecule has 0 heterocycles. The number of hydrogen-bond donors (Lipinski definition) is 0. The molecule has 0 bridgehead atoms. The summed E-state index contributed by atoms with van der Waals surface area (Å²) in [4.78, 5) is 0. The summed E-state index contributed by atoms with van der Waals surface area (Å²) in [6, 6.07) is 19.1. The maximum atomic E-state index is 5.88. The number of benzene rings is 2. The lowest BCUT2D eigenvalue weighted by atomic mass is 10.1. The van der Waals surface area contributed by atoms with Crippen molar-refractivity contribution >= 4 is 0 Å². The fraction of sp³-hybridized carbons (Fsp3) is 0.294. The number of ether oxygens (including phenoxy) is 1. The van der Waals surface area contributed by atoms with Crippen LogP contribution in [0, 0.1) is 6.07 Å². The van der Waals surface area contributed by atoms with Crippen LogP contribution in [0.15, 0.2) is 48.5 Å². The van der Waals surface area contributed by atoms with Gasteiger partial charge in [-0.15, -0.1) is 0 Å². The van der Waals surface area contributed by atoms with Crippen molar-refractivity contribution in [2.75, 3.05) is 0 Å². The van der Waals surface area contributed by atoms with E-state index in [2.05, 4.69) is 25.1 Å². The van der Waals surface area contributed by atoms with E-state index < -0.39 is 0 Å². The smallest absolute Gasteiger partial charge is 0.135 e. The predicted octanol–water partition coefficient (Wildman–Crippen LogP) is 5.01. The van der Waals surface area contributed by atoms with Crippen molar-refractivity contribution in [3.63, 3.8) is 0 Å². The summed E-state index contributed by atoms with van der Waals surface area (Å²) < 4.78 is 5.88. The summed E-state index contributed by atoms with van der Waals surface area (Å²) >= 11 is 0. The molecule has 2 aromatic carbocycles. The van der Waals surface area contributed by atoms with Crippen LogP contribution in [0.2, 0.25) is 0 Å². The molecule has 0 aliphatic heterocycles. The molecule has 0 unspecified atom stereocenters. The van der Waals surface area contributed by atoms with Gasteiger partial charge in [0.15, 0.2) is 0 Å². The van der Waals surface area contributed by atoms with Gasteiger partial charge in [0.25, 0.3) is 0 Å². The quantitative estimate of drug-likeness (QED) is 0.644. The third-order valence-corrected chi connectivity index (χ3v) is 2.92. The van der Waals surface area contributed by atoms with Crippen molar-refractivity contribution < 1.29 is 4.74 Å². The van der Waals surface area contributed by atoms with E-state index in [9.17, 15) is 0 Å². The van der Waals surface area contributed by atoms with Crippen LogP contribution >= 0.6 is 0 Å². The molecule has 0 amide bonds. The lowest BCUT2D eigenvalue weighted by molar-refractivity contribution is 0.473. The van der Waals surface area contributed by atoms with Gasteiger partial charge in [0, 0.05) is 6.07 Å². The van der Waals surface area contributed by atoms with Crippen LogP contribution in [0.5, 0.6) is 11.5 Å². The molecule has 0 N–H and O–H groups in total. The Balaban J connectivity index is 2.07. The van der Waals surface area contributed by atoms with Crippen LogP contribution in [0.4, 0.5) is 0 Å². The summed E-state index contributed by atoms with van der Waals surface area (Å²) in [5.74, 6) is 1.73. The minimum atomic E-state index is 0.778. The maximum Gasteiger partial charge on any atom is 0.135 e. The minimum Gasteiger partial charge on any atom is -0.456 e. The monoisotopic (exact) mass is 239 g/mol. The van der Waals surface area contributed by atoms with Gasteiger partial charge >= 0.3 is 0 Å². The summed E-state index contributed by atoms with van der Waals surface area (Å²) in [5, 5.41) is 0. The van der Waals surface area contributed by atoms with E-state index in [0.29, 0.717) is 0 Å². The van der Waals surface area contributed by atoms with Crippen molar-refractivity contribution in [2.45, 2.75) is 32.6 Å². The van der Waals surface area contributed by atoms with Gasteiger partial charge < -0.3 is 4.74 Å². The van der Waals surface area contributed by atoms with Crippen LogP contribution in [-0.2, 0) is 6.42 Å². The highest BCUT2D eigenvalue weighted by atomic mass is 16.5. The van der Waals surface area contributed by atoms with Gasteiger partial charge in [0.05, 0.1) is 0 Å². The zero-order chi connectivity index (χ0) is 12.6. The molecule has 0 saturated carbocycles. The molecule has 2 aromatic rings. The first kappa shape index (κ1) is 12.7. The Morgan fingerprint density at radius 3 is 2.61 bits per heavy atom. The molecule has 0 spiro atoms. The first-order valence-electron chi connectivity index (χ1n) is 6.62. The number of para-hydroxylation sites is 2. The average Bonchev–Trinajstić information content (AvgIpc) is 2.42. The van der Waals surface area contributed by atoms with Gasteiger partial charge in [0.1, 0.15) is 11.5 Å². The number of unbranched alkanes of at least 4 members (excludes halogenated alkanes) is 2. The molecule has 18 heavy (non-hydrogen) atoms. The Morgan fingerprint density at radius 2 is 1.83 bits per heavy atom. The summed E-state index contributed by atoms with van der Waals surface area (Å²) in [5.41, 5.74) is 1.28. The third kappa shape index (κ3) is 3.63. The Morgan fingerprint density at radius 1 is 1.00 bits per heavy atom. The van der Waals surface area contributed by atoms with E-state index >= 15 is 0 Å². The molecular formula is C17H19O. The molecular weight excluding hydrogens is 220 g/mol. The molecule has 0 aliphatic rings. The van der Waals surface area contributed by atoms with Crippen molar-refractivity contribution in [1.29, 1.82) is 0 Å². The SMILES string of the molecule is CCCCCc1ccccc1Oc1[c]cccc1. The zero-order valence-electron chi connectivity index (χ0n) is 10.9. The Kier molecular flexibility index (Phi) is 4.83. The molecule has 0 fully saturated rings. The normalized spacial score (nSPS) is 10.3. The number of aryl methyl sites for hydroxylation is 1. The molecule has 2 rings (SSSR count). The van der Waals surface area contributed by atoms with Crippen LogP contribution in [-0.4, -0.2) is 0 Å². The molecule has 0 aromatic heterocycles. The molecule has 1 nitrogen and oxygen atoms in total.